The lowest BCUT2D eigenvalue weighted by Crippen LogP contribution is -2.34. The molecule has 2 N–H and O–H groups in total. The van der Waals surface area contributed by atoms with Crippen molar-refractivity contribution in [1.29, 1.82) is 0 Å². The lowest BCUT2D eigenvalue weighted by molar-refractivity contribution is 0.412. The second kappa shape index (κ2) is 7.23. The van der Waals surface area contributed by atoms with Crippen LogP contribution in [0, 0.1) is 0 Å². The molecule has 0 atom stereocenters. The van der Waals surface area contributed by atoms with Crippen LogP contribution in [-0.2, 0) is 0 Å². The van der Waals surface area contributed by atoms with Crippen LogP contribution in [-0.4, -0.2) is 53.8 Å². The van der Waals surface area contributed by atoms with Crippen molar-refractivity contribution in [2.45, 2.75) is 13.3 Å². The second-order valence-corrected chi connectivity index (χ2v) is 4.86. The fourth-order valence-corrected chi connectivity index (χ4v) is 1.82. The number of rotatable bonds is 7. The lowest BCUT2D eigenvalue weighted by Gasteiger charge is -2.26. The van der Waals surface area contributed by atoms with E-state index in [2.05, 4.69) is 41.0 Å². The van der Waals surface area contributed by atoms with E-state index in [1.807, 2.05) is 6.07 Å². The van der Waals surface area contributed by atoms with E-state index in [-0.39, 0.29) is 0 Å². The fraction of sp³-hybridized carbons (Fsp3) is 0.583. The molecule has 0 aliphatic carbocycles. The second-order valence-electron chi connectivity index (χ2n) is 4.42. The predicted octanol–water partition coefficient (Wildman–Crippen LogP) is 0.889. The van der Waals surface area contributed by atoms with Gasteiger partial charge >= 0.3 is 0 Å². The molecular weight excluding hydrogens is 246 g/mol. The van der Waals surface area contributed by atoms with Crippen LogP contribution >= 0.6 is 12.2 Å². The molecule has 0 spiro atoms. The maximum absolute atomic E-state index is 5.73. The molecular formula is C12H21N5S. The molecule has 0 unspecified atom stereocenters. The summed E-state index contributed by atoms with van der Waals surface area (Å²) in [4.78, 5) is 4.69. The van der Waals surface area contributed by atoms with Crippen LogP contribution in [0.4, 0.5) is 5.82 Å². The van der Waals surface area contributed by atoms with Crippen LogP contribution in [0.1, 0.15) is 18.9 Å². The van der Waals surface area contributed by atoms with Gasteiger partial charge in [0.15, 0.2) is 5.82 Å². The van der Waals surface area contributed by atoms with Crippen molar-refractivity contribution in [2.75, 3.05) is 38.6 Å². The van der Waals surface area contributed by atoms with Crippen molar-refractivity contribution >= 4 is 23.0 Å². The van der Waals surface area contributed by atoms with Gasteiger partial charge in [0.1, 0.15) is 4.99 Å². The van der Waals surface area contributed by atoms with Gasteiger partial charge in [0.05, 0.1) is 11.8 Å². The van der Waals surface area contributed by atoms with Gasteiger partial charge in [-0.25, -0.2) is 0 Å². The van der Waals surface area contributed by atoms with Gasteiger partial charge in [0.25, 0.3) is 0 Å². The minimum absolute atomic E-state index is 0.367. The van der Waals surface area contributed by atoms with E-state index in [9.17, 15) is 0 Å². The summed E-state index contributed by atoms with van der Waals surface area (Å²) in [6.45, 7) is 4.89. The Labute approximate surface area is 114 Å². The molecule has 1 rings (SSSR count). The summed E-state index contributed by atoms with van der Waals surface area (Å²) in [5, 5.41) is 8.12. The van der Waals surface area contributed by atoms with E-state index in [1.54, 1.807) is 6.20 Å². The van der Waals surface area contributed by atoms with Crippen LogP contribution in [0.15, 0.2) is 12.3 Å². The van der Waals surface area contributed by atoms with E-state index in [1.165, 1.54) is 0 Å². The number of nitrogens with two attached hydrogens (primary N) is 1. The number of likely N-dealkylation sites (N-methyl/N-ethyl adjacent to an activating group) is 1. The Hall–Kier alpha value is -1.27. The Morgan fingerprint density at radius 1 is 1.33 bits per heavy atom. The summed E-state index contributed by atoms with van der Waals surface area (Å²) in [5.41, 5.74) is 6.53. The summed E-state index contributed by atoms with van der Waals surface area (Å²) in [7, 11) is 4.10. The number of nitrogens with zero attached hydrogens (tertiary/aromatic N) is 4. The van der Waals surface area contributed by atoms with Gasteiger partial charge in [0.2, 0.25) is 0 Å². The number of aromatic nitrogens is 2. The van der Waals surface area contributed by atoms with E-state index in [0.29, 0.717) is 4.99 Å². The van der Waals surface area contributed by atoms with Gasteiger partial charge < -0.3 is 15.5 Å². The van der Waals surface area contributed by atoms with Crippen molar-refractivity contribution in [2.24, 2.45) is 5.73 Å². The summed E-state index contributed by atoms with van der Waals surface area (Å²) in [6, 6.07) is 1.82. The third-order valence-electron chi connectivity index (χ3n) is 2.58. The van der Waals surface area contributed by atoms with Crippen LogP contribution < -0.4 is 10.6 Å². The molecule has 5 nitrogen and oxygen atoms in total. The van der Waals surface area contributed by atoms with Crippen LogP contribution in [0.5, 0.6) is 0 Å². The van der Waals surface area contributed by atoms with Crippen molar-refractivity contribution in [1.82, 2.24) is 15.1 Å². The van der Waals surface area contributed by atoms with Crippen molar-refractivity contribution in [3.8, 4) is 0 Å². The molecule has 0 bridgehead atoms. The highest BCUT2D eigenvalue weighted by Crippen LogP contribution is 2.16. The normalized spacial score (nSPS) is 10.7. The molecule has 0 aliphatic heterocycles. The van der Waals surface area contributed by atoms with Crippen LogP contribution in [0.25, 0.3) is 0 Å². The first-order valence-corrected chi connectivity index (χ1v) is 6.48. The zero-order chi connectivity index (χ0) is 13.5. The van der Waals surface area contributed by atoms with E-state index < -0.39 is 0 Å². The fourth-order valence-electron chi connectivity index (χ4n) is 1.66. The highest BCUT2D eigenvalue weighted by atomic mass is 32.1. The molecule has 0 saturated carbocycles. The molecule has 18 heavy (non-hydrogen) atoms. The zero-order valence-electron chi connectivity index (χ0n) is 11.3. The lowest BCUT2D eigenvalue weighted by atomic mass is 10.2. The molecule has 1 heterocycles. The molecule has 0 fully saturated rings. The van der Waals surface area contributed by atoms with Crippen LogP contribution in [0.3, 0.4) is 0 Å². The zero-order valence-corrected chi connectivity index (χ0v) is 12.1. The Bertz CT molecular complexity index is 394. The molecule has 0 aliphatic rings. The standard InChI is InChI=1S/C12H21N5S/c1-4-7-17(9-8-16(2)3)12-10(11(13)18)5-6-14-15-12/h5-6H,4,7-9H2,1-3H3,(H2,13,18). The number of hydrogen-bond acceptors (Lipinski definition) is 5. The van der Waals surface area contributed by atoms with Gasteiger partial charge in [-0.05, 0) is 26.6 Å². The van der Waals surface area contributed by atoms with Gasteiger partial charge in [-0.2, -0.15) is 5.10 Å². The monoisotopic (exact) mass is 267 g/mol. The average molecular weight is 267 g/mol. The SMILES string of the molecule is CCCN(CCN(C)C)c1nnccc1C(N)=S. The first kappa shape index (κ1) is 14.8. The summed E-state index contributed by atoms with van der Waals surface area (Å²) in [6.07, 6.45) is 2.66. The van der Waals surface area contributed by atoms with Crippen molar-refractivity contribution < 1.29 is 0 Å². The minimum atomic E-state index is 0.367. The number of thiocarbonyl (C=S) groups is 1. The Morgan fingerprint density at radius 2 is 2.06 bits per heavy atom. The average Bonchev–Trinajstić information content (AvgIpc) is 2.34. The van der Waals surface area contributed by atoms with Crippen LogP contribution in [0.2, 0.25) is 0 Å². The molecule has 100 valence electrons. The van der Waals surface area contributed by atoms with Gasteiger partial charge in [-0.1, -0.05) is 19.1 Å². The van der Waals surface area contributed by atoms with Gasteiger partial charge in [-0.15, -0.1) is 5.10 Å². The number of hydrogen-bond donors (Lipinski definition) is 1. The minimum Gasteiger partial charge on any atom is -0.389 e. The third-order valence-corrected chi connectivity index (χ3v) is 2.80. The predicted molar refractivity (Wildman–Crippen MR) is 79.0 cm³/mol. The first-order chi connectivity index (χ1) is 8.56. The number of anilines is 1. The third kappa shape index (κ3) is 4.19. The molecule has 0 radical (unpaired) electrons. The Morgan fingerprint density at radius 3 is 2.61 bits per heavy atom. The Kier molecular flexibility index (Phi) is 5.94. The molecule has 0 aromatic carbocycles. The maximum Gasteiger partial charge on any atom is 0.161 e. The van der Waals surface area contributed by atoms with E-state index >= 15 is 0 Å². The quantitative estimate of drug-likeness (QED) is 0.740. The molecule has 6 heteroatoms. The van der Waals surface area contributed by atoms with Crippen molar-refractivity contribution in [3.05, 3.63) is 17.8 Å². The smallest absolute Gasteiger partial charge is 0.161 e. The largest absolute Gasteiger partial charge is 0.389 e. The molecule has 1 aromatic heterocycles. The summed E-state index contributed by atoms with van der Waals surface area (Å²) >= 11 is 5.06. The van der Waals surface area contributed by atoms with E-state index in [0.717, 1.165) is 37.4 Å². The maximum atomic E-state index is 5.73. The molecule has 1 aromatic rings. The van der Waals surface area contributed by atoms with Crippen molar-refractivity contribution in [3.63, 3.8) is 0 Å². The topological polar surface area (TPSA) is 58.3 Å². The summed E-state index contributed by atoms with van der Waals surface area (Å²) < 4.78 is 0. The highest BCUT2D eigenvalue weighted by Gasteiger charge is 2.14. The molecule has 0 amide bonds. The van der Waals surface area contributed by atoms with Gasteiger partial charge in [-0.3, -0.25) is 0 Å². The molecule has 0 saturated heterocycles. The summed E-state index contributed by atoms with van der Waals surface area (Å²) in [5.74, 6) is 0.786. The van der Waals surface area contributed by atoms with E-state index in [4.69, 9.17) is 18.0 Å². The highest BCUT2D eigenvalue weighted by molar-refractivity contribution is 7.80. The first-order valence-electron chi connectivity index (χ1n) is 6.07. The van der Waals surface area contributed by atoms with Gasteiger partial charge in [0, 0.05) is 19.6 Å². The Balaban J connectivity index is 2.93.